The van der Waals surface area contributed by atoms with Gasteiger partial charge in [0.1, 0.15) is 5.82 Å². The number of aliphatic hydroxyl groups excluding tert-OH is 1. The van der Waals surface area contributed by atoms with Gasteiger partial charge >= 0.3 is 0 Å². The van der Waals surface area contributed by atoms with Crippen LogP contribution >= 0.6 is 0 Å². The van der Waals surface area contributed by atoms with Crippen LogP contribution in [0.4, 0.5) is 4.39 Å². The third kappa shape index (κ3) is 4.72. The minimum atomic E-state index is -0.613. The molecule has 1 aromatic carbocycles. The van der Waals surface area contributed by atoms with E-state index < -0.39 is 6.10 Å². The quantitative estimate of drug-likeness (QED) is 0.700. The Bertz CT molecular complexity index is 329. The number of hydrogen-bond acceptors (Lipinski definition) is 3. The van der Waals surface area contributed by atoms with Crippen molar-refractivity contribution < 1.29 is 14.2 Å². The van der Waals surface area contributed by atoms with Crippen molar-refractivity contribution in [2.24, 2.45) is 0 Å². The van der Waals surface area contributed by atoms with Crippen LogP contribution in [0.5, 0.6) is 0 Å². The number of rotatable bonds is 8. The van der Waals surface area contributed by atoms with Gasteiger partial charge in [-0.2, -0.15) is 0 Å². The highest BCUT2D eigenvalue weighted by Gasteiger charge is 2.18. The zero-order chi connectivity index (χ0) is 13.4. The lowest BCUT2D eigenvalue weighted by Crippen LogP contribution is -2.35. The van der Waals surface area contributed by atoms with Crippen LogP contribution in [0.15, 0.2) is 24.3 Å². The number of methoxy groups -OCH3 is 1. The maximum Gasteiger partial charge on any atom is 0.123 e. The molecule has 4 heteroatoms. The number of aliphatic hydroxyl groups is 1. The summed E-state index contributed by atoms with van der Waals surface area (Å²) in [6, 6.07) is 5.97. The standard InChI is InChI=1S/C14H22FNO2/c1-3-13(16-9-4-10-18-2)14(17)11-5-7-12(15)8-6-11/h5-8,13-14,16-17H,3-4,9-10H2,1-2H3. The molecule has 0 saturated carbocycles. The number of nitrogens with one attached hydrogen (secondary N) is 1. The number of ether oxygens (including phenoxy) is 1. The zero-order valence-electron chi connectivity index (χ0n) is 11.0. The molecule has 3 nitrogen and oxygen atoms in total. The van der Waals surface area contributed by atoms with Crippen LogP contribution in [0.2, 0.25) is 0 Å². The molecule has 0 radical (unpaired) electrons. The van der Waals surface area contributed by atoms with E-state index in [1.807, 2.05) is 6.92 Å². The molecular formula is C14H22FNO2. The summed E-state index contributed by atoms with van der Waals surface area (Å²) in [6.07, 6.45) is 1.10. The van der Waals surface area contributed by atoms with Gasteiger partial charge in [0.05, 0.1) is 6.10 Å². The average molecular weight is 255 g/mol. The first-order chi connectivity index (χ1) is 8.69. The molecule has 1 aromatic rings. The van der Waals surface area contributed by atoms with Gasteiger partial charge in [-0.3, -0.25) is 0 Å². The Morgan fingerprint density at radius 2 is 2.00 bits per heavy atom. The van der Waals surface area contributed by atoms with Crippen molar-refractivity contribution in [1.29, 1.82) is 0 Å². The van der Waals surface area contributed by atoms with Crippen molar-refractivity contribution in [3.05, 3.63) is 35.6 Å². The van der Waals surface area contributed by atoms with Gasteiger partial charge in [0.2, 0.25) is 0 Å². The summed E-state index contributed by atoms with van der Waals surface area (Å²) >= 11 is 0. The maximum absolute atomic E-state index is 12.8. The highest BCUT2D eigenvalue weighted by atomic mass is 19.1. The smallest absolute Gasteiger partial charge is 0.123 e. The van der Waals surface area contributed by atoms with Gasteiger partial charge in [-0.25, -0.2) is 4.39 Å². The second-order valence-electron chi connectivity index (χ2n) is 4.31. The molecule has 18 heavy (non-hydrogen) atoms. The van der Waals surface area contributed by atoms with Crippen LogP contribution < -0.4 is 5.32 Å². The Hall–Kier alpha value is -0.970. The first kappa shape index (κ1) is 15.1. The molecule has 0 fully saturated rings. The van der Waals surface area contributed by atoms with Gasteiger partial charge in [-0.05, 0) is 37.1 Å². The molecule has 0 spiro atoms. The lowest BCUT2D eigenvalue weighted by atomic mass is 10.0. The van der Waals surface area contributed by atoms with E-state index >= 15 is 0 Å². The van der Waals surface area contributed by atoms with E-state index in [2.05, 4.69) is 5.32 Å². The van der Waals surface area contributed by atoms with Crippen molar-refractivity contribution >= 4 is 0 Å². The van der Waals surface area contributed by atoms with Crippen molar-refractivity contribution in [3.8, 4) is 0 Å². The second kappa shape index (κ2) is 8.19. The Morgan fingerprint density at radius 3 is 2.56 bits per heavy atom. The average Bonchev–Trinajstić information content (AvgIpc) is 2.39. The molecule has 0 amide bonds. The van der Waals surface area contributed by atoms with E-state index in [0.29, 0.717) is 6.61 Å². The van der Waals surface area contributed by atoms with Crippen LogP contribution in [0.25, 0.3) is 0 Å². The van der Waals surface area contributed by atoms with Gasteiger partial charge < -0.3 is 15.2 Å². The Labute approximate surface area is 108 Å². The molecule has 2 N–H and O–H groups in total. The van der Waals surface area contributed by atoms with Crippen LogP contribution in [0, 0.1) is 5.82 Å². The molecule has 1 rings (SSSR count). The molecule has 0 aromatic heterocycles. The van der Waals surface area contributed by atoms with Gasteiger partial charge in [0.15, 0.2) is 0 Å². The molecule has 0 aliphatic heterocycles. The molecule has 2 unspecified atom stereocenters. The Morgan fingerprint density at radius 1 is 1.33 bits per heavy atom. The molecule has 0 aliphatic rings. The summed E-state index contributed by atoms with van der Waals surface area (Å²) in [5.74, 6) is -0.285. The third-order valence-corrected chi connectivity index (χ3v) is 2.96. The lowest BCUT2D eigenvalue weighted by molar-refractivity contribution is 0.123. The summed E-state index contributed by atoms with van der Waals surface area (Å²) in [6.45, 7) is 3.52. The van der Waals surface area contributed by atoms with Gasteiger partial charge in [-0.1, -0.05) is 19.1 Å². The maximum atomic E-state index is 12.8. The van der Waals surface area contributed by atoms with E-state index in [0.717, 1.165) is 24.9 Å². The first-order valence-electron chi connectivity index (χ1n) is 6.35. The largest absolute Gasteiger partial charge is 0.387 e. The van der Waals surface area contributed by atoms with E-state index in [-0.39, 0.29) is 11.9 Å². The van der Waals surface area contributed by atoms with Gasteiger partial charge in [0.25, 0.3) is 0 Å². The fourth-order valence-electron chi connectivity index (χ4n) is 1.88. The van der Waals surface area contributed by atoms with E-state index in [1.54, 1.807) is 19.2 Å². The van der Waals surface area contributed by atoms with Crippen LogP contribution in [-0.4, -0.2) is 31.4 Å². The first-order valence-corrected chi connectivity index (χ1v) is 6.35. The zero-order valence-corrected chi connectivity index (χ0v) is 11.0. The summed E-state index contributed by atoms with van der Waals surface area (Å²) in [4.78, 5) is 0. The molecule has 102 valence electrons. The highest BCUT2D eigenvalue weighted by molar-refractivity contribution is 5.19. The van der Waals surface area contributed by atoms with Crippen LogP contribution in [0.1, 0.15) is 31.4 Å². The van der Waals surface area contributed by atoms with Crippen LogP contribution in [0.3, 0.4) is 0 Å². The molecule has 0 heterocycles. The molecular weight excluding hydrogens is 233 g/mol. The van der Waals surface area contributed by atoms with Gasteiger partial charge in [0, 0.05) is 19.8 Å². The van der Waals surface area contributed by atoms with E-state index in [9.17, 15) is 9.50 Å². The predicted molar refractivity (Wildman–Crippen MR) is 69.9 cm³/mol. The molecule has 0 bridgehead atoms. The molecule has 0 saturated heterocycles. The van der Waals surface area contributed by atoms with Crippen molar-refractivity contribution in [3.63, 3.8) is 0 Å². The fourth-order valence-corrected chi connectivity index (χ4v) is 1.88. The minimum absolute atomic E-state index is 0.0210. The number of halogens is 1. The normalized spacial score (nSPS) is 14.4. The topological polar surface area (TPSA) is 41.5 Å². The SMILES string of the molecule is CCC(NCCCOC)C(O)c1ccc(F)cc1. The lowest BCUT2D eigenvalue weighted by Gasteiger charge is -2.23. The summed E-state index contributed by atoms with van der Waals surface area (Å²) in [5.41, 5.74) is 0.738. The number of hydrogen-bond donors (Lipinski definition) is 2. The van der Waals surface area contributed by atoms with Gasteiger partial charge in [-0.15, -0.1) is 0 Å². The van der Waals surface area contributed by atoms with E-state index in [4.69, 9.17) is 4.74 Å². The highest BCUT2D eigenvalue weighted by Crippen LogP contribution is 2.19. The van der Waals surface area contributed by atoms with Crippen molar-refractivity contribution in [1.82, 2.24) is 5.32 Å². The van der Waals surface area contributed by atoms with Crippen molar-refractivity contribution in [2.75, 3.05) is 20.3 Å². The summed E-state index contributed by atoms with van der Waals surface area (Å²) < 4.78 is 17.8. The Kier molecular flexibility index (Phi) is 6.86. The number of benzene rings is 1. The van der Waals surface area contributed by atoms with E-state index in [1.165, 1.54) is 12.1 Å². The predicted octanol–water partition coefficient (Wildman–Crippen LogP) is 2.26. The Balaban J connectivity index is 2.50. The monoisotopic (exact) mass is 255 g/mol. The fraction of sp³-hybridized carbons (Fsp3) is 0.571. The second-order valence-corrected chi connectivity index (χ2v) is 4.31. The van der Waals surface area contributed by atoms with Crippen LogP contribution in [-0.2, 0) is 4.74 Å². The molecule has 0 aliphatic carbocycles. The summed E-state index contributed by atoms with van der Waals surface area (Å²) in [7, 11) is 1.67. The minimum Gasteiger partial charge on any atom is -0.387 e. The third-order valence-electron chi connectivity index (χ3n) is 2.96. The van der Waals surface area contributed by atoms with Crippen molar-refractivity contribution in [2.45, 2.75) is 31.9 Å². The summed E-state index contributed by atoms with van der Waals surface area (Å²) in [5, 5.41) is 13.5. The molecule has 2 atom stereocenters.